The number of tetrazole rings is 1. The minimum absolute atomic E-state index is 0.0574. The van der Waals surface area contributed by atoms with Crippen molar-refractivity contribution < 1.29 is 5.11 Å². The number of rotatable bonds is 6. The zero-order chi connectivity index (χ0) is 21.2. The molecule has 0 atom stereocenters. The zero-order valence-electron chi connectivity index (χ0n) is 16.8. The monoisotopic (exact) mass is 412 g/mol. The van der Waals surface area contributed by atoms with Crippen LogP contribution in [0.1, 0.15) is 5.69 Å². The van der Waals surface area contributed by atoms with Crippen LogP contribution in [0.5, 0.6) is 5.75 Å². The summed E-state index contributed by atoms with van der Waals surface area (Å²) in [7, 11) is 0. The van der Waals surface area contributed by atoms with Crippen LogP contribution >= 0.6 is 0 Å². The number of hydrogen-bond donors (Lipinski definition) is 3. The fourth-order valence-electron chi connectivity index (χ4n) is 3.71. The Hall–Kier alpha value is -4.27. The molecule has 2 aromatic carbocycles. The van der Waals surface area contributed by atoms with Gasteiger partial charge < -0.3 is 15.0 Å². The van der Waals surface area contributed by atoms with Crippen molar-refractivity contribution in [1.29, 1.82) is 0 Å². The van der Waals surface area contributed by atoms with E-state index in [1.807, 2.05) is 12.1 Å². The summed E-state index contributed by atoms with van der Waals surface area (Å²) in [5.41, 5.74) is 4.42. The SMILES string of the molecule is Cc1cc2ccccc2n1CCNc1cc(-c2ccc(-c3nn[nH]n3)c(O)c2)ncn1. The molecule has 0 aliphatic rings. The predicted molar refractivity (Wildman–Crippen MR) is 117 cm³/mol. The van der Waals surface area contributed by atoms with Crippen molar-refractivity contribution in [1.82, 2.24) is 35.2 Å². The first kappa shape index (κ1) is 18.7. The Balaban J connectivity index is 1.31. The lowest BCUT2D eigenvalue weighted by Gasteiger charge is -2.11. The highest BCUT2D eigenvalue weighted by molar-refractivity contribution is 5.81. The molecule has 9 heteroatoms. The molecule has 0 aliphatic heterocycles. The quantitative estimate of drug-likeness (QED) is 0.391. The predicted octanol–water partition coefficient (Wildman–Crippen LogP) is 3.40. The maximum absolute atomic E-state index is 10.4. The highest BCUT2D eigenvalue weighted by Crippen LogP contribution is 2.31. The number of benzene rings is 2. The van der Waals surface area contributed by atoms with Crippen molar-refractivity contribution in [3.63, 3.8) is 0 Å². The lowest BCUT2D eigenvalue weighted by atomic mass is 10.1. The molecule has 0 radical (unpaired) electrons. The van der Waals surface area contributed by atoms with Crippen LogP contribution in [0.15, 0.2) is 60.9 Å². The van der Waals surface area contributed by atoms with Gasteiger partial charge in [-0.1, -0.05) is 24.3 Å². The van der Waals surface area contributed by atoms with E-state index in [4.69, 9.17) is 0 Å². The maximum atomic E-state index is 10.4. The second-order valence-corrected chi connectivity index (χ2v) is 7.18. The molecular formula is C22H20N8O. The normalized spacial score (nSPS) is 11.1. The van der Waals surface area contributed by atoms with Crippen LogP contribution in [0.25, 0.3) is 33.5 Å². The summed E-state index contributed by atoms with van der Waals surface area (Å²) in [6.45, 7) is 3.66. The van der Waals surface area contributed by atoms with Crippen molar-refractivity contribution >= 4 is 16.7 Å². The van der Waals surface area contributed by atoms with E-state index in [0.29, 0.717) is 17.1 Å². The molecule has 3 heterocycles. The first-order valence-corrected chi connectivity index (χ1v) is 9.87. The number of aryl methyl sites for hydroxylation is 1. The molecule has 0 unspecified atom stereocenters. The molecule has 0 bridgehead atoms. The molecule has 0 fully saturated rings. The Morgan fingerprint density at radius 2 is 1.97 bits per heavy atom. The Morgan fingerprint density at radius 3 is 2.81 bits per heavy atom. The Labute approximate surface area is 177 Å². The first-order chi connectivity index (χ1) is 15.2. The minimum Gasteiger partial charge on any atom is -0.507 e. The smallest absolute Gasteiger partial charge is 0.208 e. The third-order valence-electron chi connectivity index (χ3n) is 5.21. The Bertz CT molecular complexity index is 1340. The second kappa shape index (κ2) is 7.86. The number of phenolic OH excluding ortho intramolecular Hbond substituents is 1. The summed E-state index contributed by atoms with van der Waals surface area (Å²) in [5, 5.41) is 28.7. The number of anilines is 1. The largest absolute Gasteiger partial charge is 0.507 e. The molecule has 0 aliphatic carbocycles. The van der Waals surface area contributed by atoms with E-state index in [0.717, 1.165) is 24.5 Å². The number of aromatic amines is 1. The lowest BCUT2D eigenvalue weighted by molar-refractivity contribution is 0.477. The number of aromatic hydroxyl groups is 1. The molecular weight excluding hydrogens is 392 g/mol. The number of aromatic nitrogens is 7. The molecule has 5 aromatic rings. The number of para-hydroxylation sites is 1. The average molecular weight is 412 g/mol. The van der Waals surface area contributed by atoms with Crippen molar-refractivity contribution in [2.24, 2.45) is 0 Å². The van der Waals surface area contributed by atoms with Gasteiger partial charge in [-0.15, -0.1) is 10.2 Å². The van der Waals surface area contributed by atoms with Gasteiger partial charge in [0.15, 0.2) is 0 Å². The maximum Gasteiger partial charge on any atom is 0.208 e. The van der Waals surface area contributed by atoms with Crippen LogP contribution in [0.4, 0.5) is 5.82 Å². The molecule has 0 saturated heterocycles. The number of fused-ring (bicyclic) bond motifs is 1. The molecule has 5 rings (SSSR count). The average Bonchev–Trinajstić information content (AvgIpc) is 3.42. The highest BCUT2D eigenvalue weighted by Gasteiger charge is 2.11. The van der Waals surface area contributed by atoms with Gasteiger partial charge in [0.25, 0.3) is 0 Å². The number of hydrogen-bond acceptors (Lipinski definition) is 7. The highest BCUT2D eigenvalue weighted by atomic mass is 16.3. The number of nitrogens with zero attached hydrogens (tertiary/aromatic N) is 6. The third kappa shape index (κ3) is 3.68. The van der Waals surface area contributed by atoms with Crippen molar-refractivity contribution in [3.8, 4) is 28.4 Å². The van der Waals surface area contributed by atoms with Gasteiger partial charge in [-0.05, 0) is 41.8 Å². The topological polar surface area (TPSA) is 117 Å². The van der Waals surface area contributed by atoms with Gasteiger partial charge >= 0.3 is 0 Å². The standard InChI is InChI=1S/C22H20N8O/c1-14-10-16-4-2-3-5-19(16)30(14)9-8-23-21-12-18(24-13-25-21)15-6-7-17(20(31)11-15)22-26-28-29-27-22/h2-7,10-13,31H,8-9H2,1H3,(H,23,24,25)(H,26,27,28,29). The molecule has 31 heavy (non-hydrogen) atoms. The summed E-state index contributed by atoms with van der Waals surface area (Å²) < 4.78 is 2.29. The fourth-order valence-corrected chi connectivity index (χ4v) is 3.71. The molecule has 0 amide bonds. The van der Waals surface area contributed by atoms with Crippen molar-refractivity contribution in [2.45, 2.75) is 13.5 Å². The van der Waals surface area contributed by atoms with Gasteiger partial charge in [0.05, 0.1) is 11.3 Å². The lowest BCUT2D eigenvalue weighted by Crippen LogP contribution is -2.12. The van der Waals surface area contributed by atoms with Gasteiger partial charge in [-0.3, -0.25) is 0 Å². The summed E-state index contributed by atoms with van der Waals surface area (Å²) in [6.07, 6.45) is 1.51. The van der Waals surface area contributed by atoms with Gasteiger partial charge in [0.2, 0.25) is 5.82 Å². The second-order valence-electron chi connectivity index (χ2n) is 7.18. The van der Waals surface area contributed by atoms with Crippen molar-refractivity contribution in [2.75, 3.05) is 11.9 Å². The van der Waals surface area contributed by atoms with Gasteiger partial charge in [-0.25, -0.2) is 9.97 Å². The zero-order valence-corrected chi connectivity index (χ0v) is 16.8. The molecule has 0 saturated carbocycles. The van der Waals surface area contributed by atoms with Crippen LogP contribution in [0.2, 0.25) is 0 Å². The third-order valence-corrected chi connectivity index (χ3v) is 5.21. The number of nitrogens with one attached hydrogen (secondary N) is 2. The summed E-state index contributed by atoms with van der Waals surface area (Å²) >= 11 is 0. The van der Waals surface area contributed by atoms with Crippen molar-refractivity contribution in [3.05, 3.63) is 66.6 Å². The fraction of sp³-hybridized carbons (Fsp3) is 0.136. The van der Waals surface area contributed by atoms with Gasteiger partial charge in [0.1, 0.15) is 17.9 Å². The molecule has 3 N–H and O–H groups in total. The Morgan fingerprint density at radius 1 is 1.06 bits per heavy atom. The van der Waals surface area contributed by atoms with E-state index in [9.17, 15) is 5.11 Å². The minimum atomic E-state index is 0.0574. The van der Waals surface area contributed by atoms with E-state index in [1.165, 1.54) is 22.9 Å². The van der Waals surface area contributed by atoms with Crippen LogP contribution < -0.4 is 5.32 Å². The van der Waals surface area contributed by atoms with Crippen LogP contribution in [0, 0.1) is 6.92 Å². The number of phenols is 1. The number of H-pyrrole nitrogens is 1. The van der Waals surface area contributed by atoms with E-state index in [2.05, 4.69) is 77.7 Å². The van der Waals surface area contributed by atoms with Crippen LogP contribution in [-0.2, 0) is 6.54 Å². The van der Waals surface area contributed by atoms with Crippen LogP contribution in [-0.4, -0.2) is 46.8 Å². The molecule has 0 spiro atoms. The van der Waals surface area contributed by atoms with E-state index in [1.54, 1.807) is 12.1 Å². The van der Waals surface area contributed by atoms with E-state index >= 15 is 0 Å². The van der Waals surface area contributed by atoms with E-state index in [-0.39, 0.29) is 5.75 Å². The van der Waals surface area contributed by atoms with Gasteiger partial charge in [0, 0.05) is 35.9 Å². The summed E-state index contributed by atoms with van der Waals surface area (Å²) in [4.78, 5) is 8.66. The van der Waals surface area contributed by atoms with Gasteiger partial charge in [-0.2, -0.15) is 5.21 Å². The van der Waals surface area contributed by atoms with E-state index < -0.39 is 0 Å². The molecule has 3 aromatic heterocycles. The van der Waals surface area contributed by atoms with Crippen LogP contribution in [0.3, 0.4) is 0 Å². The summed E-state index contributed by atoms with van der Waals surface area (Å²) in [5.74, 6) is 1.12. The summed E-state index contributed by atoms with van der Waals surface area (Å²) in [6, 6.07) is 17.7. The molecule has 9 nitrogen and oxygen atoms in total. The molecule has 154 valence electrons. The Kier molecular flexibility index (Phi) is 4.75. The first-order valence-electron chi connectivity index (χ1n) is 9.87.